The number of carbonyl (C=O) groups excluding carboxylic acids is 1. The molecule has 1 atom stereocenters. The van der Waals surface area contributed by atoms with E-state index in [0.29, 0.717) is 18.9 Å². The van der Waals surface area contributed by atoms with Gasteiger partial charge in [-0.25, -0.2) is 0 Å². The van der Waals surface area contributed by atoms with Crippen molar-refractivity contribution in [3.05, 3.63) is 21.9 Å². The topological polar surface area (TPSA) is 41.6 Å². The molecule has 1 aromatic rings. The quantitative estimate of drug-likeness (QED) is 0.877. The number of nitrogens with zero attached hydrogens (tertiary/aromatic N) is 1. The van der Waals surface area contributed by atoms with Gasteiger partial charge in [0.15, 0.2) is 0 Å². The van der Waals surface area contributed by atoms with Crippen LogP contribution in [0.3, 0.4) is 0 Å². The fraction of sp³-hybridized carbons (Fsp3) is 0.688. The van der Waals surface area contributed by atoms with Gasteiger partial charge in [-0.3, -0.25) is 4.79 Å². The highest BCUT2D eigenvalue weighted by molar-refractivity contribution is 7.10. The van der Waals surface area contributed by atoms with Gasteiger partial charge in [-0.15, -0.1) is 11.3 Å². The minimum absolute atomic E-state index is 0.0188. The van der Waals surface area contributed by atoms with Gasteiger partial charge in [0.1, 0.15) is 0 Å². The molecule has 0 aliphatic carbocycles. The zero-order valence-electron chi connectivity index (χ0n) is 13.2. The van der Waals surface area contributed by atoms with Gasteiger partial charge >= 0.3 is 0 Å². The van der Waals surface area contributed by atoms with Crippen LogP contribution < -0.4 is 5.32 Å². The number of ether oxygens (including phenoxy) is 1. The minimum Gasteiger partial charge on any atom is -0.375 e. The summed E-state index contributed by atoms with van der Waals surface area (Å²) in [6.07, 6.45) is 0.495. The Balaban J connectivity index is 1.97. The molecule has 1 N–H and O–H groups in total. The highest BCUT2D eigenvalue weighted by atomic mass is 32.1. The Hall–Kier alpha value is -0.910. The molecule has 118 valence electrons. The van der Waals surface area contributed by atoms with Gasteiger partial charge in [0.05, 0.1) is 25.7 Å². The first-order chi connectivity index (χ1) is 10.1. The van der Waals surface area contributed by atoms with Crippen LogP contribution in [0.1, 0.15) is 30.7 Å². The Morgan fingerprint density at radius 3 is 2.95 bits per heavy atom. The summed E-state index contributed by atoms with van der Waals surface area (Å²) in [5.41, 5.74) is 1.28. The molecular formula is C16H26N2O2S. The monoisotopic (exact) mass is 310 g/mol. The number of hydrogen-bond donors (Lipinski definition) is 1. The predicted octanol–water partition coefficient (Wildman–Crippen LogP) is 2.42. The van der Waals surface area contributed by atoms with Gasteiger partial charge in [0, 0.05) is 24.5 Å². The number of rotatable bonds is 6. The third kappa shape index (κ3) is 5.09. The molecule has 2 rings (SSSR count). The van der Waals surface area contributed by atoms with E-state index >= 15 is 0 Å². The minimum atomic E-state index is 0.0188. The van der Waals surface area contributed by atoms with Crippen LogP contribution in [0.5, 0.6) is 0 Å². The van der Waals surface area contributed by atoms with Crippen molar-refractivity contribution in [2.24, 2.45) is 5.92 Å². The third-order valence-corrected chi connectivity index (χ3v) is 4.66. The molecule has 0 aromatic carbocycles. The lowest BCUT2D eigenvalue weighted by atomic mass is 10.1. The molecule has 1 aromatic heterocycles. The summed E-state index contributed by atoms with van der Waals surface area (Å²) in [6, 6.07) is 2.12. The maximum absolute atomic E-state index is 12.6. The summed E-state index contributed by atoms with van der Waals surface area (Å²) in [5, 5.41) is 5.38. The van der Waals surface area contributed by atoms with E-state index in [4.69, 9.17) is 4.74 Å². The van der Waals surface area contributed by atoms with E-state index in [0.717, 1.165) is 26.2 Å². The van der Waals surface area contributed by atoms with Crippen LogP contribution in [0.4, 0.5) is 0 Å². The number of amides is 1. The average molecular weight is 310 g/mol. The van der Waals surface area contributed by atoms with Crippen molar-refractivity contribution in [3.63, 3.8) is 0 Å². The van der Waals surface area contributed by atoms with E-state index in [-0.39, 0.29) is 12.0 Å². The molecule has 1 aliphatic heterocycles. The molecular weight excluding hydrogens is 284 g/mol. The smallest absolute Gasteiger partial charge is 0.225 e. The second kappa shape index (κ2) is 7.92. The Labute approximate surface area is 131 Å². The van der Waals surface area contributed by atoms with Crippen LogP contribution in [0.2, 0.25) is 0 Å². The normalized spacial score (nSPS) is 19.0. The van der Waals surface area contributed by atoms with Crippen LogP contribution in [0.15, 0.2) is 11.4 Å². The lowest BCUT2D eigenvalue weighted by molar-refractivity contribution is -0.135. The zero-order valence-corrected chi connectivity index (χ0v) is 14.0. The van der Waals surface area contributed by atoms with Crippen LogP contribution >= 0.6 is 11.3 Å². The first-order valence-corrected chi connectivity index (χ1v) is 8.57. The van der Waals surface area contributed by atoms with Crippen LogP contribution in [0, 0.1) is 12.8 Å². The fourth-order valence-corrected chi connectivity index (χ4v) is 3.43. The average Bonchev–Trinajstić information content (AvgIpc) is 2.84. The summed E-state index contributed by atoms with van der Waals surface area (Å²) < 4.78 is 5.66. The molecule has 0 saturated carbocycles. The van der Waals surface area contributed by atoms with E-state index in [1.165, 1.54) is 10.4 Å². The lowest BCUT2D eigenvalue weighted by Crippen LogP contribution is -2.43. The van der Waals surface area contributed by atoms with Crippen molar-refractivity contribution in [1.82, 2.24) is 10.2 Å². The van der Waals surface area contributed by atoms with Crippen LogP contribution in [-0.2, 0) is 16.1 Å². The fourth-order valence-electron chi connectivity index (χ4n) is 2.51. The highest BCUT2D eigenvalue weighted by Crippen LogP contribution is 2.19. The molecule has 2 heterocycles. The standard InChI is InChI=1S/C16H26N2O2S/c1-12(2)10-18(11-15-13(3)4-7-21-15)16(19)8-14-9-17-5-6-20-14/h4,7,12,14,17H,5-6,8-11H2,1-3H3. The number of hydrogen-bond acceptors (Lipinski definition) is 4. The van der Waals surface area contributed by atoms with E-state index in [9.17, 15) is 4.79 Å². The van der Waals surface area contributed by atoms with Crippen molar-refractivity contribution in [2.45, 2.75) is 39.8 Å². The van der Waals surface area contributed by atoms with Gasteiger partial charge in [0.25, 0.3) is 0 Å². The van der Waals surface area contributed by atoms with Crippen LogP contribution in [-0.4, -0.2) is 43.2 Å². The van der Waals surface area contributed by atoms with E-state index in [2.05, 4.69) is 37.5 Å². The number of aryl methyl sites for hydroxylation is 1. The van der Waals surface area contributed by atoms with Crippen molar-refractivity contribution in [1.29, 1.82) is 0 Å². The molecule has 21 heavy (non-hydrogen) atoms. The predicted molar refractivity (Wildman–Crippen MR) is 86.5 cm³/mol. The summed E-state index contributed by atoms with van der Waals surface area (Å²) in [4.78, 5) is 15.9. The van der Waals surface area contributed by atoms with Gasteiger partial charge in [0.2, 0.25) is 5.91 Å². The molecule has 5 heteroatoms. The summed E-state index contributed by atoms with van der Waals surface area (Å²) >= 11 is 1.73. The van der Waals surface area contributed by atoms with E-state index in [1.54, 1.807) is 11.3 Å². The summed E-state index contributed by atoms with van der Waals surface area (Å²) in [5.74, 6) is 0.671. The first-order valence-electron chi connectivity index (χ1n) is 7.69. The maximum Gasteiger partial charge on any atom is 0.225 e. The maximum atomic E-state index is 12.6. The van der Waals surface area contributed by atoms with Crippen molar-refractivity contribution in [2.75, 3.05) is 26.2 Å². The van der Waals surface area contributed by atoms with Gasteiger partial charge in [-0.1, -0.05) is 13.8 Å². The first kappa shape index (κ1) is 16.5. The number of nitrogens with one attached hydrogen (secondary N) is 1. The van der Waals surface area contributed by atoms with Gasteiger partial charge < -0.3 is 15.0 Å². The second-order valence-electron chi connectivity index (χ2n) is 6.10. The van der Waals surface area contributed by atoms with Crippen LogP contribution in [0.25, 0.3) is 0 Å². The molecule has 1 amide bonds. The molecule has 0 spiro atoms. The molecule has 0 bridgehead atoms. The number of thiophene rings is 1. The van der Waals surface area contributed by atoms with Crippen molar-refractivity contribution < 1.29 is 9.53 Å². The summed E-state index contributed by atoms with van der Waals surface area (Å²) in [7, 11) is 0. The Bertz CT molecular complexity index is 453. The second-order valence-corrected chi connectivity index (χ2v) is 7.10. The molecule has 0 radical (unpaired) electrons. The molecule has 4 nitrogen and oxygen atoms in total. The van der Waals surface area contributed by atoms with Crippen molar-refractivity contribution >= 4 is 17.2 Å². The highest BCUT2D eigenvalue weighted by Gasteiger charge is 2.22. The molecule has 1 aliphatic rings. The number of morpholine rings is 1. The van der Waals surface area contributed by atoms with Gasteiger partial charge in [-0.05, 0) is 29.9 Å². The number of carbonyl (C=O) groups is 1. The van der Waals surface area contributed by atoms with Crippen molar-refractivity contribution in [3.8, 4) is 0 Å². The Kier molecular flexibility index (Phi) is 6.21. The molecule has 1 saturated heterocycles. The van der Waals surface area contributed by atoms with E-state index in [1.807, 2.05) is 4.90 Å². The van der Waals surface area contributed by atoms with E-state index < -0.39 is 0 Å². The molecule has 1 fully saturated rings. The zero-order chi connectivity index (χ0) is 15.2. The SMILES string of the molecule is Cc1ccsc1CN(CC(C)C)C(=O)CC1CNCCO1. The third-order valence-electron chi connectivity index (χ3n) is 3.65. The van der Waals surface area contributed by atoms with Gasteiger partial charge in [-0.2, -0.15) is 0 Å². The largest absolute Gasteiger partial charge is 0.375 e. The Morgan fingerprint density at radius 1 is 1.57 bits per heavy atom. The lowest BCUT2D eigenvalue weighted by Gasteiger charge is -2.28. The summed E-state index contributed by atoms with van der Waals surface area (Å²) in [6.45, 7) is 10.3. The molecule has 1 unspecified atom stereocenters. The Morgan fingerprint density at radius 2 is 2.38 bits per heavy atom.